The van der Waals surface area contributed by atoms with E-state index in [0.717, 1.165) is 12.1 Å². The van der Waals surface area contributed by atoms with Gasteiger partial charge in [-0.1, -0.05) is 22.0 Å². The average molecular weight is 329 g/mol. The van der Waals surface area contributed by atoms with Crippen LogP contribution in [0.15, 0.2) is 40.9 Å². The molecule has 0 N–H and O–H groups in total. The monoisotopic (exact) mass is 328 g/mol. The SMILES string of the molecule is O=C(Cc1ccc(F)cc1Br)c1ccc(F)cc1F. The van der Waals surface area contributed by atoms with E-state index in [1.165, 1.54) is 18.2 Å². The van der Waals surface area contributed by atoms with Gasteiger partial charge in [-0.05, 0) is 29.8 Å². The molecule has 0 amide bonds. The molecule has 0 spiro atoms. The predicted molar refractivity (Wildman–Crippen MR) is 68.5 cm³/mol. The minimum absolute atomic E-state index is 0.0938. The van der Waals surface area contributed by atoms with Gasteiger partial charge in [0.25, 0.3) is 0 Å². The molecule has 19 heavy (non-hydrogen) atoms. The maximum atomic E-state index is 13.4. The normalized spacial score (nSPS) is 10.5. The van der Waals surface area contributed by atoms with Gasteiger partial charge in [0, 0.05) is 17.0 Å². The Hall–Kier alpha value is -1.62. The van der Waals surface area contributed by atoms with E-state index in [1.54, 1.807) is 0 Å². The van der Waals surface area contributed by atoms with Gasteiger partial charge in [0.2, 0.25) is 0 Å². The molecule has 0 radical (unpaired) electrons. The van der Waals surface area contributed by atoms with Crippen LogP contribution in [0.3, 0.4) is 0 Å². The fraction of sp³-hybridized carbons (Fsp3) is 0.0714. The molecule has 0 unspecified atom stereocenters. The van der Waals surface area contributed by atoms with Crippen LogP contribution < -0.4 is 0 Å². The number of benzene rings is 2. The Bertz CT molecular complexity index is 641. The van der Waals surface area contributed by atoms with Crippen molar-refractivity contribution in [1.82, 2.24) is 0 Å². The standard InChI is InChI=1S/C14H8BrF3O/c15-12-6-9(16)2-1-8(12)5-14(19)11-4-3-10(17)7-13(11)18/h1-4,6-7H,5H2. The molecule has 0 fully saturated rings. The lowest BCUT2D eigenvalue weighted by atomic mass is 10.0. The van der Waals surface area contributed by atoms with Crippen LogP contribution in [0, 0.1) is 17.5 Å². The second kappa shape index (κ2) is 5.57. The van der Waals surface area contributed by atoms with Crippen LogP contribution in [0.25, 0.3) is 0 Å². The van der Waals surface area contributed by atoms with Gasteiger partial charge in [-0.2, -0.15) is 0 Å². The molecule has 0 aliphatic heterocycles. The fourth-order valence-corrected chi connectivity index (χ4v) is 2.14. The molecule has 2 rings (SSSR count). The topological polar surface area (TPSA) is 17.1 Å². The summed E-state index contributed by atoms with van der Waals surface area (Å²) in [6, 6.07) is 6.67. The van der Waals surface area contributed by atoms with Crippen LogP contribution in [0.5, 0.6) is 0 Å². The van der Waals surface area contributed by atoms with E-state index in [2.05, 4.69) is 15.9 Å². The van der Waals surface area contributed by atoms with Crippen molar-refractivity contribution in [2.75, 3.05) is 0 Å². The summed E-state index contributed by atoms with van der Waals surface area (Å²) in [6.07, 6.45) is -0.0938. The zero-order valence-corrected chi connectivity index (χ0v) is 11.2. The zero-order chi connectivity index (χ0) is 14.0. The summed E-state index contributed by atoms with van der Waals surface area (Å²) < 4.78 is 39.5. The van der Waals surface area contributed by atoms with Crippen molar-refractivity contribution in [3.8, 4) is 0 Å². The van der Waals surface area contributed by atoms with Gasteiger partial charge in [-0.25, -0.2) is 13.2 Å². The molecule has 0 saturated carbocycles. The number of carbonyl (C=O) groups excluding carboxylic acids is 1. The highest BCUT2D eigenvalue weighted by Crippen LogP contribution is 2.21. The Morgan fingerprint density at radius 2 is 1.63 bits per heavy atom. The highest BCUT2D eigenvalue weighted by Gasteiger charge is 2.14. The first-order valence-electron chi connectivity index (χ1n) is 5.39. The van der Waals surface area contributed by atoms with Crippen molar-refractivity contribution < 1.29 is 18.0 Å². The van der Waals surface area contributed by atoms with Crippen molar-refractivity contribution >= 4 is 21.7 Å². The number of Topliss-reactive ketones (excluding diaryl/α,β-unsaturated/α-hetero) is 1. The third-order valence-corrected chi connectivity index (χ3v) is 3.34. The predicted octanol–water partition coefficient (Wildman–Crippen LogP) is 4.29. The first-order chi connectivity index (χ1) is 8.97. The molecular weight excluding hydrogens is 321 g/mol. The molecule has 0 aliphatic carbocycles. The molecular formula is C14H8BrF3O. The smallest absolute Gasteiger partial charge is 0.170 e. The fourth-order valence-electron chi connectivity index (χ4n) is 1.65. The van der Waals surface area contributed by atoms with E-state index in [9.17, 15) is 18.0 Å². The number of hydrogen-bond donors (Lipinski definition) is 0. The molecule has 0 saturated heterocycles. The molecule has 1 nitrogen and oxygen atoms in total. The summed E-state index contributed by atoms with van der Waals surface area (Å²) in [6.45, 7) is 0. The van der Waals surface area contributed by atoms with Crippen molar-refractivity contribution in [2.24, 2.45) is 0 Å². The highest BCUT2D eigenvalue weighted by atomic mass is 79.9. The summed E-state index contributed by atoms with van der Waals surface area (Å²) >= 11 is 3.13. The molecule has 0 aliphatic rings. The number of rotatable bonds is 3. The summed E-state index contributed by atoms with van der Waals surface area (Å²) in [5.41, 5.74) is 0.354. The van der Waals surface area contributed by atoms with Crippen LogP contribution in [-0.4, -0.2) is 5.78 Å². The van der Waals surface area contributed by atoms with Gasteiger partial charge in [-0.3, -0.25) is 4.79 Å². The number of carbonyl (C=O) groups is 1. The lowest BCUT2D eigenvalue weighted by molar-refractivity contribution is 0.0989. The summed E-state index contributed by atoms with van der Waals surface area (Å²) in [4.78, 5) is 11.9. The van der Waals surface area contributed by atoms with Crippen LogP contribution in [0.4, 0.5) is 13.2 Å². The Labute approximate surface area is 116 Å². The second-order valence-corrected chi connectivity index (χ2v) is 4.81. The quantitative estimate of drug-likeness (QED) is 0.768. The molecule has 0 aromatic heterocycles. The van der Waals surface area contributed by atoms with Gasteiger partial charge in [-0.15, -0.1) is 0 Å². The minimum atomic E-state index is -0.900. The second-order valence-electron chi connectivity index (χ2n) is 3.96. The highest BCUT2D eigenvalue weighted by molar-refractivity contribution is 9.10. The molecule has 0 heterocycles. The van der Waals surface area contributed by atoms with Gasteiger partial charge in [0.1, 0.15) is 17.5 Å². The largest absolute Gasteiger partial charge is 0.294 e. The molecule has 0 atom stereocenters. The molecule has 0 bridgehead atoms. The number of ketones is 1. The first kappa shape index (κ1) is 13.8. The summed E-state index contributed by atoms with van der Waals surface area (Å²) in [5.74, 6) is -2.57. The maximum Gasteiger partial charge on any atom is 0.170 e. The van der Waals surface area contributed by atoms with Crippen LogP contribution in [0.1, 0.15) is 15.9 Å². The van der Waals surface area contributed by atoms with Gasteiger partial charge >= 0.3 is 0 Å². The summed E-state index contributed by atoms with van der Waals surface area (Å²) in [5, 5.41) is 0. The average Bonchev–Trinajstić information content (AvgIpc) is 2.32. The zero-order valence-electron chi connectivity index (χ0n) is 9.59. The van der Waals surface area contributed by atoms with E-state index in [-0.39, 0.29) is 12.0 Å². The molecule has 2 aromatic rings. The Morgan fingerprint density at radius 1 is 1.00 bits per heavy atom. The van der Waals surface area contributed by atoms with E-state index in [4.69, 9.17) is 0 Å². The van der Waals surface area contributed by atoms with E-state index in [0.29, 0.717) is 16.1 Å². The molecule has 5 heteroatoms. The van der Waals surface area contributed by atoms with Crippen LogP contribution in [-0.2, 0) is 6.42 Å². The third kappa shape index (κ3) is 3.23. The lowest BCUT2D eigenvalue weighted by Gasteiger charge is -2.05. The van der Waals surface area contributed by atoms with Crippen molar-refractivity contribution in [3.63, 3.8) is 0 Å². The van der Waals surface area contributed by atoms with E-state index in [1.807, 2.05) is 0 Å². The first-order valence-corrected chi connectivity index (χ1v) is 6.19. The maximum absolute atomic E-state index is 13.4. The molecule has 98 valence electrons. The van der Waals surface area contributed by atoms with Crippen LogP contribution in [0.2, 0.25) is 0 Å². The van der Waals surface area contributed by atoms with Gasteiger partial charge < -0.3 is 0 Å². The number of hydrogen-bond acceptors (Lipinski definition) is 1. The number of halogens is 4. The van der Waals surface area contributed by atoms with Crippen molar-refractivity contribution in [1.29, 1.82) is 0 Å². The lowest BCUT2D eigenvalue weighted by Crippen LogP contribution is -2.07. The van der Waals surface area contributed by atoms with Crippen LogP contribution >= 0.6 is 15.9 Å². The van der Waals surface area contributed by atoms with Crippen molar-refractivity contribution in [3.05, 3.63) is 69.4 Å². The van der Waals surface area contributed by atoms with E-state index < -0.39 is 23.2 Å². The Balaban J connectivity index is 2.25. The van der Waals surface area contributed by atoms with Gasteiger partial charge in [0.15, 0.2) is 5.78 Å². The minimum Gasteiger partial charge on any atom is -0.294 e. The third-order valence-electron chi connectivity index (χ3n) is 2.60. The Morgan fingerprint density at radius 3 is 2.26 bits per heavy atom. The summed E-state index contributed by atoms with van der Waals surface area (Å²) in [7, 11) is 0. The van der Waals surface area contributed by atoms with Gasteiger partial charge in [0.05, 0.1) is 5.56 Å². The van der Waals surface area contributed by atoms with Crippen molar-refractivity contribution in [2.45, 2.75) is 6.42 Å². The van der Waals surface area contributed by atoms with E-state index >= 15 is 0 Å². The molecule has 2 aromatic carbocycles. The Kier molecular flexibility index (Phi) is 4.04.